The van der Waals surface area contributed by atoms with Crippen molar-refractivity contribution in [2.24, 2.45) is 0 Å². The van der Waals surface area contributed by atoms with Gasteiger partial charge in [0.15, 0.2) is 0 Å². The third-order valence-electron chi connectivity index (χ3n) is 3.99. The second-order valence-electron chi connectivity index (χ2n) is 5.35. The van der Waals surface area contributed by atoms with Crippen LogP contribution in [0.25, 0.3) is 5.65 Å². The highest BCUT2D eigenvalue weighted by atomic mass is 31.2. The van der Waals surface area contributed by atoms with Gasteiger partial charge in [-0.25, -0.2) is 9.88 Å². The lowest BCUT2D eigenvalue weighted by atomic mass is 10.4. The number of nitrogens with zero attached hydrogens (tertiary/aromatic N) is 2. The Hall–Kier alpha value is -2.48. The summed E-state index contributed by atoms with van der Waals surface area (Å²) in [6.07, 6.45) is 3.75. The summed E-state index contributed by atoms with van der Waals surface area (Å²) in [6.45, 7) is 0. The van der Waals surface area contributed by atoms with E-state index in [4.69, 9.17) is 0 Å². The van der Waals surface area contributed by atoms with Crippen molar-refractivity contribution in [3.05, 3.63) is 91.3 Å². The minimum Gasteiger partial charge on any atom is -0.268 e. The third-order valence-corrected chi connectivity index (χ3v) is 7.07. The number of fused-ring (bicyclic) bond motifs is 1. The van der Waals surface area contributed by atoms with E-state index >= 15 is 0 Å². The molecule has 0 saturated heterocycles. The fourth-order valence-corrected chi connectivity index (χ4v) is 5.60. The minimum absolute atomic E-state index is 0.838. The van der Waals surface area contributed by atoms with Crippen molar-refractivity contribution < 1.29 is 4.89 Å². The summed E-state index contributed by atoms with van der Waals surface area (Å²) >= 11 is 0. The van der Waals surface area contributed by atoms with E-state index in [1.54, 1.807) is 6.20 Å². The van der Waals surface area contributed by atoms with E-state index in [-0.39, 0.29) is 0 Å². The standard InChI is InChI=1S/C19H16N2OP/c22-23(16-9-3-1-4-10-16,17-11-5-2-6-12-17)19-15-20-18-13-7-8-14-21(18)19/h1-15,22H/q+1. The van der Waals surface area contributed by atoms with E-state index in [2.05, 4.69) is 4.98 Å². The van der Waals surface area contributed by atoms with Gasteiger partial charge >= 0.3 is 0 Å². The van der Waals surface area contributed by atoms with E-state index in [9.17, 15) is 4.89 Å². The predicted molar refractivity (Wildman–Crippen MR) is 96.1 cm³/mol. The summed E-state index contributed by atoms with van der Waals surface area (Å²) in [7, 11) is -2.72. The second kappa shape index (κ2) is 5.62. The Labute approximate surface area is 135 Å². The van der Waals surface area contributed by atoms with Gasteiger partial charge in [-0.1, -0.05) is 42.5 Å². The van der Waals surface area contributed by atoms with E-state index < -0.39 is 7.49 Å². The molecule has 4 aromatic rings. The van der Waals surface area contributed by atoms with Gasteiger partial charge in [-0.2, -0.15) is 0 Å². The molecule has 2 aromatic carbocycles. The Morgan fingerprint density at radius 3 is 1.91 bits per heavy atom. The smallest absolute Gasteiger partial charge is 0.258 e. The van der Waals surface area contributed by atoms with Crippen molar-refractivity contribution in [3.8, 4) is 0 Å². The van der Waals surface area contributed by atoms with Crippen LogP contribution >= 0.6 is 7.49 Å². The topological polar surface area (TPSA) is 37.5 Å². The monoisotopic (exact) mass is 319 g/mol. The molecule has 112 valence electrons. The van der Waals surface area contributed by atoms with Crippen molar-refractivity contribution in [2.75, 3.05) is 0 Å². The molecular weight excluding hydrogens is 303 g/mol. The van der Waals surface area contributed by atoms with Crippen molar-refractivity contribution in [1.29, 1.82) is 0 Å². The fraction of sp³-hybridized carbons (Fsp3) is 0. The normalized spacial score (nSPS) is 11.7. The van der Waals surface area contributed by atoms with Gasteiger partial charge in [-0.15, -0.1) is 0 Å². The molecule has 0 atom stereocenters. The van der Waals surface area contributed by atoms with Crippen LogP contribution < -0.4 is 16.0 Å². The van der Waals surface area contributed by atoms with E-state index in [0.29, 0.717) is 0 Å². The maximum atomic E-state index is 11.9. The minimum atomic E-state index is -2.72. The third kappa shape index (κ3) is 2.26. The van der Waals surface area contributed by atoms with Gasteiger partial charge in [-0.3, -0.25) is 4.40 Å². The molecule has 0 radical (unpaired) electrons. The molecule has 0 amide bonds. The number of pyridine rings is 1. The van der Waals surface area contributed by atoms with E-state index in [1.165, 1.54) is 0 Å². The van der Waals surface area contributed by atoms with E-state index in [1.807, 2.05) is 89.5 Å². The fourth-order valence-electron chi connectivity index (χ4n) is 2.86. The average molecular weight is 319 g/mol. The summed E-state index contributed by atoms with van der Waals surface area (Å²) < 4.78 is 1.98. The Balaban J connectivity index is 2.04. The zero-order chi connectivity index (χ0) is 15.7. The maximum absolute atomic E-state index is 11.9. The van der Waals surface area contributed by atoms with Crippen LogP contribution in [0.1, 0.15) is 0 Å². The molecule has 0 aliphatic heterocycles. The van der Waals surface area contributed by atoms with Crippen LogP contribution in [0.4, 0.5) is 0 Å². The number of rotatable bonds is 3. The molecule has 0 aliphatic carbocycles. The Bertz CT molecular complexity index is 896. The first kappa shape index (κ1) is 14.1. The van der Waals surface area contributed by atoms with Gasteiger partial charge in [0.05, 0.1) is 6.20 Å². The van der Waals surface area contributed by atoms with Crippen molar-refractivity contribution in [2.45, 2.75) is 0 Å². The summed E-state index contributed by atoms with van der Waals surface area (Å²) in [5.41, 5.74) is 1.68. The number of imidazole rings is 1. The largest absolute Gasteiger partial charge is 0.268 e. The van der Waals surface area contributed by atoms with Crippen LogP contribution in [0.2, 0.25) is 0 Å². The van der Waals surface area contributed by atoms with Gasteiger partial charge in [0.25, 0.3) is 7.49 Å². The van der Waals surface area contributed by atoms with Gasteiger partial charge in [-0.05, 0) is 36.4 Å². The first-order valence-corrected chi connectivity index (χ1v) is 9.20. The molecule has 2 heterocycles. The maximum Gasteiger partial charge on any atom is 0.258 e. The summed E-state index contributed by atoms with van der Waals surface area (Å²) in [4.78, 5) is 16.3. The van der Waals surface area contributed by atoms with Crippen LogP contribution in [0.5, 0.6) is 0 Å². The molecule has 4 rings (SSSR count). The van der Waals surface area contributed by atoms with Crippen molar-refractivity contribution >= 4 is 29.2 Å². The molecule has 0 unspecified atom stereocenters. The number of hydrogen-bond donors (Lipinski definition) is 1. The molecule has 3 nitrogen and oxygen atoms in total. The molecule has 0 saturated carbocycles. The van der Waals surface area contributed by atoms with Crippen LogP contribution in [-0.4, -0.2) is 14.3 Å². The molecule has 0 fully saturated rings. The van der Waals surface area contributed by atoms with Gasteiger partial charge in [0.2, 0.25) is 5.44 Å². The lowest BCUT2D eigenvalue weighted by Gasteiger charge is -2.19. The van der Waals surface area contributed by atoms with E-state index in [0.717, 1.165) is 21.7 Å². The second-order valence-corrected chi connectivity index (χ2v) is 8.11. The summed E-state index contributed by atoms with van der Waals surface area (Å²) in [5, 5.41) is 1.86. The molecule has 0 spiro atoms. The van der Waals surface area contributed by atoms with Crippen LogP contribution in [0.3, 0.4) is 0 Å². The lowest BCUT2D eigenvalue weighted by molar-refractivity contribution is 0.632. The van der Waals surface area contributed by atoms with Crippen molar-refractivity contribution in [1.82, 2.24) is 9.38 Å². The lowest BCUT2D eigenvalue weighted by Crippen LogP contribution is -2.32. The Kier molecular flexibility index (Phi) is 3.45. The highest BCUT2D eigenvalue weighted by molar-refractivity contribution is 7.90. The average Bonchev–Trinajstić information content (AvgIpc) is 3.07. The molecule has 0 bridgehead atoms. The SMILES string of the molecule is O[P+](c1ccccc1)(c1ccccc1)c1cnc2ccccn12. The zero-order valence-corrected chi connectivity index (χ0v) is 13.3. The van der Waals surface area contributed by atoms with Crippen LogP contribution in [-0.2, 0) is 0 Å². The first-order chi connectivity index (χ1) is 11.3. The highest BCUT2D eigenvalue weighted by Crippen LogP contribution is 2.50. The predicted octanol–water partition coefficient (Wildman–Crippen LogP) is 2.54. The van der Waals surface area contributed by atoms with Gasteiger partial charge in [0.1, 0.15) is 16.3 Å². The molecular formula is C19H16N2OP+. The molecule has 0 aliphatic rings. The highest BCUT2D eigenvalue weighted by Gasteiger charge is 2.47. The number of hydrogen-bond acceptors (Lipinski definition) is 2. The Morgan fingerprint density at radius 2 is 1.30 bits per heavy atom. The van der Waals surface area contributed by atoms with Crippen molar-refractivity contribution in [3.63, 3.8) is 0 Å². The first-order valence-electron chi connectivity index (χ1n) is 7.46. The summed E-state index contributed by atoms with van der Waals surface area (Å²) in [6, 6.07) is 25.6. The zero-order valence-electron chi connectivity index (χ0n) is 12.4. The molecule has 23 heavy (non-hydrogen) atoms. The molecule has 1 N–H and O–H groups in total. The molecule has 2 aromatic heterocycles. The summed E-state index contributed by atoms with van der Waals surface area (Å²) in [5.74, 6) is 0. The van der Waals surface area contributed by atoms with Crippen LogP contribution in [0.15, 0.2) is 91.3 Å². The van der Waals surface area contributed by atoms with Crippen LogP contribution in [0, 0.1) is 0 Å². The number of aromatic nitrogens is 2. The molecule has 4 heteroatoms. The Morgan fingerprint density at radius 1 is 0.739 bits per heavy atom. The van der Waals surface area contributed by atoms with Gasteiger partial charge in [0, 0.05) is 6.20 Å². The number of benzene rings is 2. The van der Waals surface area contributed by atoms with Gasteiger partial charge < -0.3 is 0 Å². The quantitative estimate of drug-likeness (QED) is 0.589.